The van der Waals surface area contributed by atoms with E-state index < -0.39 is 12.0 Å². The lowest BCUT2D eigenvalue weighted by molar-refractivity contribution is -0.117. The molecule has 0 aromatic carbocycles. The van der Waals surface area contributed by atoms with Crippen LogP contribution in [0.25, 0.3) is 0 Å². The normalized spacial score (nSPS) is 9.56. The number of hydrogen-bond donors (Lipinski definition) is 2. The molecule has 0 unspecified atom stereocenters. The van der Waals surface area contributed by atoms with E-state index in [-0.39, 0.29) is 5.75 Å². The van der Waals surface area contributed by atoms with E-state index in [1.807, 2.05) is 5.32 Å². The zero-order valence-corrected chi connectivity index (χ0v) is 9.41. The summed E-state index contributed by atoms with van der Waals surface area (Å²) in [4.78, 5) is 26.5. The van der Waals surface area contributed by atoms with E-state index in [4.69, 9.17) is 5.73 Å². The van der Waals surface area contributed by atoms with Crippen LogP contribution in [0, 0.1) is 0 Å². The summed E-state index contributed by atoms with van der Waals surface area (Å²) in [5.74, 6) is -0.350. The molecule has 3 N–H and O–H groups in total. The van der Waals surface area contributed by atoms with Gasteiger partial charge in [0, 0.05) is 11.1 Å². The van der Waals surface area contributed by atoms with Crippen LogP contribution in [0.3, 0.4) is 0 Å². The lowest BCUT2D eigenvalue weighted by Gasteiger charge is -2.04. The number of carbonyl (C=O) groups is 2. The SMILES string of the molecule is COC(=O)NC(=O)CSc1ccncc1N. The zero-order valence-electron chi connectivity index (χ0n) is 8.60. The van der Waals surface area contributed by atoms with Gasteiger partial charge in [0.15, 0.2) is 0 Å². The molecule has 1 heterocycles. The molecule has 0 saturated heterocycles. The second-order valence-corrected chi connectivity index (χ2v) is 3.76. The van der Waals surface area contributed by atoms with Crippen molar-refractivity contribution >= 4 is 29.4 Å². The lowest BCUT2D eigenvalue weighted by atomic mass is 10.4. The summed E-state index contributed by atoms with van der Waals surface area (Å²) < 4.78 is 4.28. The van der Waals surface area contributed by atoms with Crippen molar-refractivity contribution in [2.45, 2.75) is 4.90 Å². The van der Waals surface area contributed by atoms with Gasteiger partial charge in [-0.2, -0.15) is 0 Å². The molecule has 0 aliphatic rings. The van der Waals surface area contributed by atoms with Crippen LogP contribution >= 0.6 is 11.8 Å². The molecule has 6 nitrogen and oxygen atoms in total. The van der Waals surface area contributed by atoms with Crippen LogP contribution in [-0.4, -0.2) is 29.8 Å². The summed E-state index contributed by atoms with van der Waals surface area (Å²) in [5, 5.41) is 2.04. The molecule has 0 radical (unpaired) electrons. The van der Waals surface area contributed by atoms with Crippen LogP contribution in [0.4, 0.5) is 10.5 Å². The number of imide groups is 1. The van der Waals surface area contributed by atoms with Crippen LogP contribution in [0.2, 0.25) is 0 Å². The Hall–Kier alpha value is -1.76. The molecule has 0 aliphatic heterocycles. The third kappa shape index (κ3) is 3.77. The number of pyridine rings is 1. The van der Waals surface area contributed by atoms with Crippen molar-refractivity contribution in [3.8, 4) is 0 Å². The Morgan fingerprint density at radius 3 is 3.00 bits per heavy atom. The standard InChI is InChI=1S/C9H11N3O3S/c1-15-9(14)12-8(13)5-16-7-2-3-11-4-6(7)10/h2-4H,5,10H2,1H3,(H,12,13,14). The first-order chi connectivity index (χ1) is 7.63. The highest BCUT2D eigenvalue weighted by Crippen LogP contribution is 2.22. The number of alkyl carbamates (subject to hydrolysis) is 1. The number of nitrogens with one attached hydrogen (secondary N) is 1. The van der Waals surface area contributed by atoms with Gasteiger partial charge >= 0.3 is 6.09 Å². The number of aromatic nitrogens is 1. The molecular formula is C9H11N3O3S. The maximum atomic E-state index is 11.2. The number of carbonyl (C=O) groups excluding carboxylic acids is 2. The zero-order chi connectivity index (χ0) is 12.0. The highest BCUT2D eigenvalue weighted by atomic mass is 32.2. The number of nitrogens with two attached hydrogens (primary N) is 1. The number of ether oxygens (including phenoxy) is 1. The van der Waals surface area contributed by atoms with Gasteiger partial charge in [-0.3, -0.25) is 15.1 Å². The van der Waals surface area contributed by atoms with Crippen LogP contribution in [0.15, 0.2) is 23.4 Å². The minimum atomic E-state index is -0.770. The predicted octanol–water partition coefficient (Wildman–Crippen LogP) is 0.639. The number of nitrogens with zero attached hydrogens (tertiary/aromatic N) is 1. The second kappa shape index (κ2) is 5.96. The van der Waals surface area contributed by atoms with Gasteiger partial charge in [-0.25, -0.2) is 4.79 Å². The number of amides is 2. The minimum absolute atomic E-state index is 0.0866. The summed E-state index contributed by atoms with van der Waals surface area (Å²) >= 11 is 1.22. The van der Waals surface area contributed by atoms with Crippen LogP contribution < -0.4 is 11.1 Å². The smallest absolute Gasteiger partial charge is 0.413 e. The Kier molecular flexibility index (Phi) is 4.59. The van der Waals surface area contributed by atoms with E-state index in [2.05, 4.69) is 9.72 Å². The van der Waals surface area contributed by atoms with Crippen molar-refractivity contribution in [2.75, 3.05) is 18.6 Å². The van der Waals surface area contributed by atoms with Crippen LogP contribution in [-0.2, 0) is 9.53 Å². The molecule has 16 heavy (non-hydrogen) atoms. The summed E-state index contributed by atoms with van der Waals surface area (Å²) in [6.07, 6.45) is 2.31. The summed E-state index contributed by atoms with van der Waals surface area (Å²) in [5.41, 5.74) is 6.13. The molecule has 0 bridgehead atoms. The van der Waals surface area contributed by atoms with Gasteiger partial charge in [0.25, 0.3) is 0 Å². The van der Waals surface area contributed by atoms with Crippen LogP contribution in [0.5, 0.6) is 0 Å². The van der Waals surface area contributed by atoms with Crippen molar-refractivity contribution in [3.63, 3.8) is 0 Å². The third-order valence-electron chi connectivity index (χ3n) is 1.60. The fourth-order valence-electron chi connectivity index (χ4n) is 0.870. The molecule has 2 amide bonds. The molecule has 1 aromatic rings. The maximum absolute atomic E-state index is 11.2. The third-order valence-corrected chi connectivity index (χ3v) is 2.69. The average molecular weight is 241 g/mol. The van der Waals surface area contributed by atoms with Crippen molar-refractivity contribution < 1.29 is 14.3 Å². The number of nitrogen functional groups attached to an aromatic ring is 1. The monoisotopic (exact) mass is 241 g/mol. The van der Waals surface area contributed by atoms with E-state index in [1.165, 1.54) is 25.1 Å². The number of hydrogen-bond acceptors (Lipinski definition) is 6. The van der Waals surface area contributed by atoms with Gasteiger partial charge in [0.05, 0.1) is 24.7 Å². The Bertz CT molecular complexity index is 397. The number of thioether (sulfide) groups is 1. The number of anilines is 1. The van der Waals surface area contributed by atoms with Crippen molar-refractivity contribution in [2.24, 2.45) is 0 Å². The average Bonchev–Trinajstić information content (AvgIpc) is 2.28. The molecule has 0 fully saturated rings. The quantitative estimate of drug-likeness (QED) is 0.754. The van der Waals surface area contributed by atoms with E-state index >= 15 is 0 Å². The van der Waals surface area contributed by atoms with Gasteiger partial charge in [-0.05, 0) is 6.07 Å². The van der Waals surface area contributed by atoms with Gasteiger partial charge in [-0.1, -0.05) is 0 Å². The van der Waals surface area contributed by atoms with E-state index in [0.29, 0.717) is 5.69 Å². The molecule has 0 atom stereocenters. The first-order valence-electron chi connectivity index (χ1n) is 4.33. The highest BCUT2D eigenvalue weighted by Gasteiger charge is 2.08. The van der Waals surface area contributed by atoms with Crippen LogP contribution in [0.1, 0.15) is 0 Å². The second-order valence-electron chi connectivity index (χ2n) is 2.74. The molecule has 86 valence electrons. The molecule has 1 rings (SSSR count). The minimum Gasteiger partial charge on any atom is -0.453 e. The highest BCUT2D eigenvalue weighted by molar-refractivity contribution is 8.00. The first kappa shape index (κ1) is 12.3. The molecule has 0 saturated carbocycles. The molecule has 1 aromatic heterocycles. The number of methoxy groups -OCH3 is 1. The predicted molar refractivity (Wildman–Crippen MR) is 59.9 cm³/mol. The summed E-state index contributed by atoms with van der Waals surface area (Å²) in [7, 11) is 1.19. The molecular weight excluding hydrogens is 230 g/mol. The summed E-state index contributed by atoms with van der Waals surface area (Å²) in [6, 6.07) is 1.70. The Morgan fingerprint density at radius 2 is 2.38 bits per heavy atom. The van der Waals surface area contributed by atoms with Gasteiger partial charge in [0.2, 0.25) is 5.91 Å². The Labute approximate surface area is 96.6 Å². The summed E-state index contributed by atoms with van der Waals surface area (Å²) in [6.45, 7) is 0. The first-order valence-corrected chi connectivity index (χ1v) is 5.32. The van der Waals surface area contributed by atoms with Gasteiger partial charge < -0.3 is 10.5 Å². The fourth-order valence-corrected chi connectivity index (χ4v) is 1.60. The molecule has 0 aliphatic carbocycles. The molecule has 7 heteroatoms. The van der Waals surface area contributed by atoms with E-state index in [0.717, 1.165) is 4.90 Å². The van der Waals surface area contributed by atoms with Crippen molar-refractivity contribution in [1.82, 2.24) is 10.3 Å². The lowest BCUT2D eigenvalue weighted by Crippen LogP contribution is -2.31. The number of rotatable bonds is 3. The van der Waals surface area contributed by atoms with E-state index in [9.17, 15) is 9.59 Å². The van der Waals surface area contributed by atoms with Crippen molar-refractivity contribution in [3.05, 3.63) is 18.5 Å². The van der Waals surface area contributed by atoms with Gasteiger partial charge in [0.1, 0.15) is 0 Å². The molecule has 0 spiro atoms. The fraction of sp³-hybridized carbons (Fsp3) is 0.222. The largest absolute Gasteiger partial charge is 0.453 e. The van der Waals surface area contributed by atoms with E-state index in [1.54, 1.807) is 12.3 Å². The van der Waals surface area contributed by atoms with Gasteiger partial charge in [-0.15, -0.1) is 11.8 Å². The topological polar surface area (TPSA) is 94.3 Å². The maximum Gasteiger partial charge on any atom is 0.413 e. The Balaban J connectivity index is 2.43. The van der Waals surface area contributed by atoms with Crippen molar-refractivity contribution in [1.29, 1.82) is 0 Å². The Morgan fingerprint density at radius 1 is 1.62 bits per heavy atom.